The standard InChI is InChI=1S/C36H44N2O4/c1-34(2,3)25-19-27(39)32(31(35(4,5)6)29(25)21-12-14-22(15-13-21)33(40)41)38-26-10-9-11-28(42-8)30(26)23-18-24-16-17-36(38,20-23)37(24)7/h9-15,19,23-24,39H,16-18,20H2,1-8H3,(H,40,41). The van der Waals surface area contributed by atoms with Crippen molar-refractivity contribution in [2.24, 2.45) is 0 Å². The van der Waals surface area contributed by atoms with Gasteiger partial charge in [0.05, 0.1) is 29.7 Å². The van der Waals surface area contributed by atoms with Crippen LogP contribution in [0.5, 0.6) is 11.5 Å². The predicted octanol–water partition coefficient (Wildman–Crippen LogP) is 8.18. The summed E-state index contributed by atoms with van der Waals surface area (Å²) in [4.78, 5) is 16.7. The lowest BCUT2D eigenvalue weighted by Crippen LogP contribution is -2.62. The van der Waals surface area contributed by atoms with Gasteiger partial charge in [-0.3, -0.25) is 4.90 Å². The summed E-state index contributed by atoms with van der Waals surface area (Å²) >= 11 is 0. The Morgan fingerprint density at radius 3 is 2.31 bits per heavy atom. The minimum atomic E-state index is -0.941. The van der Waals surface area contributed by atoms with Gasteiger partial charge in [0, 0.05) is 11.6 Å². The lowest BCUT2D eigenvalue weighted by Gasteiger charge is -2.58. The van der Waals surface area contributed by atoms with Crippen LogP contribution in [0.2, 0.25) is 0 Å². The van der Waals surface area contributed by atoms with Gasteiger partial charge in [0.15, 0.2) is 0 Å². The molecule has 3 unspecified atom stereocenters. The summed E-state index contributed by atoms with van der Waals surface area (Å²) in [7, 11) is 4.01. The number of carbonyl (C=O) groups is 1. The van der Waals surface area contributed by atoms with Gasteiger partial charge in [-0.2, -0.15) is 0 Å². The first-order valence-corrected chi connectivity index (χ1v) is 15.1. The summed E-state index contributed by atoms with van der Waals surface area (Å²) in [6, 6.07) is 16.0. The molecule has 2 N–H and O–H groups in total. The zero-order valence-electron chi connectivity index (χ0n) is 26.2. The Labute approximate surface area is 249 Å². The van der Waals surface area contributed by atoms with E-state index in [1.165, 1.54) is 5.56 Å². The van der Waals surface area contributed by atoms with E-state index in [0.717, 1.165) is 65.1 Å². The highest BCUT2D eigenvalue weighted by Gasteiger charge is 2.59. The summed E-state index contributed by atoms with van der Waals surface area (Å²) < 4.78 is 5.97. The number of carboxylic acids is 1. The molecule has 0 saturated carbocycles. The van der Waals surface area contributed by atoms with Crippen LogP contribution in [0.25, 0.3) is 11.1 Å². The second-order valence-corrected chi connectivity index (χ2v) is 14.6. The number of hydrogen-bond donors (Lipinski definition) is 2. The van der Waals surface area contributed by atoms with E-state index >= 15 is 0 Å². The second-order valence-electron chi connectivity index (χ2n) is 14.6. The van der Waals surface area contributed by atoms with Crippen LogP contribution in [-0.2, 0) is 10.8 Å². The lowest BCUT2D eigenvalue weighted by atomic mass is 9.71. The van der Waals surface area contributed by atoms with Gasteiger partial charge in [-0.15, -0.1) is 0 Å². The van der Waals surface area contributed by atoms with Crippen LogP contribution in [0.15, 0.2) is 48.5 Å². The molecule has 6 rings (SSSR count). The number of hydrogen-bond acceptors (Lipinski definition) is 5. The minimum absolute atomic E-state index is 0.259. The zero-order valence-corrected chi connectivity index (χ0v) is 26.2. The SMILES string of the molecule is COc1cccc2c1C1CC3CCC(C1)(N2c1c(O)cc(C(C)(C)C)c(-c2ccc(C(=O)O)cc2)c1C(C)(C)C)N3C. The Hall–Kier alpha value is -3.51. The van der Waals surface area contributed by atoms with Gasteiger partial charge >= 0.3 is 5.97 Å². The van der Waals surface area contributed by atoms with Gasteiger partial charge in [0.25, 0.3) is 0 Å². The molecule has 6 heteroatoms. The molecular weight excluding hydrogens is 524 g/mol. The van der Waals surface area contributed by atoms with E-state index in [0.29, 0.717) is 12.0 Å². The molecule has 0 radical (unpaired) electrons. The van der Waals surface area contributed by atoms with Gasteiger partial charge in [-0.05, 0) is 102 Å². The number of methoxy groups -OCH3 is 1. The number of fused-ring (bicyclic) bond motifs is 4. The Kier molecular flexibility index (Phi) is 6.47. The Morgan fingerprint density at radius 2 is 1.71 bits per heavy atom. The predicted molar refractivity (Wildman–Crippen MR) is 169 cm³/mol. The highest BCUT2D eigenvalue weighted by molar-refractivity contribution is 5.91. The van der Waals surface area contributed by atoms with Crippen molar-refractivity contribution >= 4 is 17.3 Å². The van der Waals surface area contributed by atoms with Crippen LogP contribution < -0.4 is 9.64 Å². The zero-order chi connectivity index (χ0) is 30.4. The fraction of sp³-hybridized carbons (Fsp3) is 0.472. The first-order valence-electron chi connectivity index (χ1n) is 15.1. The molecular formula is C36H44N2O4. The van der Waals surface area contributed by atoms with E-state index in [4.69, 9.17) is 4.74 Å². The van der Waals surface area contributed by atoms with Crippen molar-refractivity contribution in [1.82, 2.24) is 4.90 Å². The molecule has 3 aromatic rings. The Morgan fingerprint density at radius 1 is 1.02 bits per heavy atom. The van der Waals surface area contributed by atoms with Crippen LogP contribution in [0.4, 0.5) is 11.4 Å². The molecule has 3 atom stereocenters. The summed E-state index contributed by atoms with van der Waals surface area (Å²) in [5, 5.41) is 21.8. The molecule has 6 nitrogen and oxygen atoms in total. The fourth-order valence-corrected chi connectivity index (χ4v) is 8.17. The normalized spacial score (nSPS) is 23.6. The van der Waals surface area contributed by atoms with Crippen LogP contribution >= 0.6 is 0 Å². The van der Waals surface area contributed by atoms with Crippen LogP contribution in [0.1, 0.15) is 100 Å². The first-order chi connectivity index (χ1) is 19.7. The minimum Gasteiger partial charge on any atom is -0.506 e. The molecule has 0 aromatic heterocycles. The number of carboxylic acid groups (broad SMARTS) is 1. The third kappa shape index (κ3) is 4.13. The number of aromatic carboxylic acids is 1. The molecule has 3 aliphatic heterocycles. The van der Waals surface area contributed by atoms with Crippen molar-refractivity contribution in [3.05, 3.63) is 70.8 Å². The third-order valence-corrected chi connectivity index (χ3v) is 10.0. The molecule has 3 bridgehead atoms. The van der Waals surface area contributed by atoms with Gasteiger partial charge in [0.2, 0.25) is 0 Å². The van der Waals surface area contributed by atoms with Gasteiger partial charge in [-0.1, -0.05) is 59.7 Å². The van der Waals surface area contributed by atoms with Crippen LogP contribution in [0.3, 0.4) is 0 Å². The van der Waals surface area contributed by atoms with E-state index in [9.17, 15) is 15.0 Å². The van der Waals surface area contributed by atoms with E-state index in [1.54, 1.807) is 19.2 Å². The van der Waals surface area contributed by atoms with Crippen molar-refractivity contribution in [3.63, 3.8) is 0 Å². The Bertz CT molecular complexity index is 1560. The molecule has 3 aliphatic rings. The smallest absolute Gasteiger partial charge is 0.335 e. The maximum absolute atomic E-state index is 12.2. The molecule has 2 saturated heterocycles. The van der Waals surface area contributed by atoms with Crippen molar-refractivity contribution in [1.29, 1.82) is 0 Å². The average Bonchev–Trinajstić information content (AvgIpc) is 3.10. The molecule has 3 aromatic carbocycles. The highest BCUT2D eigenvalue weighted by Crippen LogP contribution is 2.63. The second kappa shape index (κ2) is 9.50. The molecule has 222 valence electrons. The molecule has 0 amide bonds. The van der Waals surface area contributed by atoms with Gasteiger partial charge in [-0.25, -0.2) is 4.79 Å². The van der Waals surface area contributed by atoms with Crippen LogP contribution in [-0.4, -0.2) is 46.9 Å². The number of aromatic hydroxyl groups is 1. The third-order valence-electron chi connectivity index (χ3n) is 10.0. The monoisotopic (exact) mass is 568 g/mol. The number of nitrogens with zero attached hydrogens (tertiary/aromatic N) is 2. The van der Waals surface area contributed by atoms with E-state index in [2.05, 4.69) is 76.6 Å². The summed E-state index contributed by atoms with van der Waals surface area (Å²) in [6.45, 7) is 13.2. The fourth-order valence-electron chi connectivity index (χ4n) is 8.17. The number of ether oxygens (including phenoxy) is 1. The molecule has 0 aliphatic carbocycles. The number of rotatable bonds is 4. The van der Waals surface area contributed by atoms with Gasteiger partial charge in [0.1, 0.15) is 11.5 Å². The quantitative estimate of drug-likeness (QED) is 0.331. The van der Waals surface area contributed by atoms with E-state index < -0.39 is 5.97 Å². The average molecular weight is 569 g/mol. The largest absolute Gasteiger partial charge is 0.506 e. The topological polar surface area (TPSA) is 73.2 Å². The maximum atomic E-state index is 12.2. The first kappa shape index (κ1) is 28.6. The molecule has 1 spiro atoms. The van der Waals surface area contributed by atoms with Crippen molar-refractivity contribution in [3.8, 4) is 22.6 Å². The summed E-state index contributed by atoms with van der Waals surface area (Å²) in [6.07, 6.45) is 4.23. The number of phenols is 1. The number of phenolic OH excluding ortho intramolecular Hbond substituents is 1. The van der Waals surface area contributed by atoms with E-state index in [-0.39, 0.29) is 27.8 Å². The van der Waals surface area contributed by atoms with Crippen molar-refractivity contribution in [2.45, 2.75) is 95.7 Å². The number of anilines is 2. The molecule has 42 heavy (non-hydrogen) atoms. The number of piperidine rings is 1. The van der Waals surface area contributed by atoms with E-state index in [1.807, 2.05) is 18.2 Å². The number of benzene rings is 3. The van der Waals surface area contributed by atoms with Gasteiger partial charge < -0.3 is 19.8 Å². The maximum Gasteiger partial charge on any atom is 0.335 e. The van der Waals surface area contributed by atoms with Crippen LogP contribution in [0, 0.1) is 0 Å². The molecule has 2 fully saturated rings. The summed E-state index contributed by atoms with van der Waals surface area (Å²) in [5.74, 6) is 0.644. The Balaban J connectivity index is 1.74. The molecule has 3 heterocycles. The van der Waals surface area contributed by atoms with Crippen molar-refractivity contribution < 1.29 is 19.7 Å². The lowest BCUT2D eigenvalue weighted by molar-refractivity contribution is 0.0656. The summed E-state index contributed by atoms with van der Waals surface area (Å²) in [5.41, 5.74) is 6.68. The highest BCUT2D eigenvalue weighted by atomic mass is 16.5. The van der Waals surface area contributed by atoms with Crippen molar-refractivity contribution in [2.75, 3.05) is 19.1 Å².